The van der Waals surface area contributed by atoms with Crippen molar-refractivity contribution in [3.8, 4) is 0 Å². The van der Waals surface area contributed by atoms with E-state index in [9.17, 15) is 9.90 Å². The number of aliphatic hydroxyl groups excluding tert-OH is 1. The van der Waals surface area contributed by atoms with Crippen LogP contribution in [-0.4, -0.2) is 23.3 Å². The van der Waals surface area contributed by atoms with E-state index < -0.39 is 0 Å². The lowest BCUT2D eigenvalue weighted by atomic mass is 9.49. The third-order valence-corrected chi connectivity index (χ3v) is 7.75. The summed E-state index contributed by atoms with van der Waals surface area (Å²) in [5, 5.41) is 10.5. The van der Waals surface area contributed by atoms with Gasteiger partial charge in [0.25, 0.3) is 0 Å². The highest BCUT2D eigenvalue weighted by Gasteiger charge is 2.55. The van der Waals surface area contributed by atoms with Gasteiger partial charge >= 0.3 is 5.97 Å². The van der Waals surface area contributed by atoms with Gasteiger partial charge in [0.15, 0.2) is 0 Å². The van der Waals surface area contributed by atoms with Gasteiger partial charge in [-0.1, -0.05) is 37.1 Å². The van der Waals surface area contributed by atoms with Crippen LogP contribution in [0.4, 0.5) is 0 Å². The molecular formula is C21H30O3. The summed E-state index contributed by atoms with van der Waals surface area (Å²) in [6, 6.07) is 0. The van der Waals surface area contributed by atoms with Crippen molar-refractivity contribution >= 4 is 5.97 Å². The van der Waals surface area contributed by atoms with Gasteiger partial charge in [0.2, 0.25) is 0 Å². The summed E-state index contributed by atoms with van der Waals surface area (Å²) in [6.07, 6.45) is 11.9. The molecule has 1 N–H and O–H groups in total. The number of fused-ring (bicyclic) bond motifs is 5. The molecule has 0 heterocycles. The zero-order chi connectivity index (χ0) is 17.1. The van der Waals surface area contributed by atoms with Crippen LogP contribution in [0.5, 0.6) is 0 Å². The van der Waals surface area contributed by atoms with Crippen molar-refractivity contribution in [2.75, 3.05) is 0 Å². The molecule has 0 bridgehead atoms. The van der Waals surface area contributed by atoms with Crippen molar-refractivity contribution in [3.05, 3.63) is 23.3 Å². The molecule has 24 heavy (non-hydrogen) atoms. The quantitative estimate of drug-likeness (QED) is 0.580. The van der Waals surface area contributed by atoms with Crippen LogP contribution >= 0.6 is 0 Å². The molecule has 132 valence electrons. The van der Waals surface area contributed by atoms with Crippen LogP contribution in [0.25, 0.3) is 0 Å². The van der Waals surface area contributed by atoms with Crippen LogP contribution in [0.15, 0.2) is 23.3 Å². The smallest absolute Gasteiger partial charge is 0.302 e. The first-order chi connectivity index (χ1) is 11.3. The van der Waals surface area contributed by atoms with Crippen LogP contribution in [0, 0.1) is 22.7 Å². The second kappa shape index (κ2) is 5.45. The first-order valence-electron chi connectivity index (χ1n) is 9.60. The van der Waals surface area contributed by atoms with Crippen molar-refractivity contribution < 1.29 is 14.6 Å². The molecule has 2 saturated carbocycles. The predicted octanol–water partition coefficient (Wildman–Crippen LogP) is 4.16. The molecule has 0 aliphatic heterocycles. The number of hydrogen-bond donors (Lipinski definition) is 1. The molecule has 2 fully saturated rings. The topological polar surface area (TPSA) is 46.5 Å². The lowest BCUT2D eigenvalue weighted by Crippen LogP contribution is -2.48. The highest BCUT2D eigenvalue weighted by Crippen LogP contribution is 2.63. The largest absolute Gasteiger partial charge is 0.462 e. The molecule has 4 aliphatic rings. The zero-order valence-electron chi connectivity index (χ0n) is 15.2. The van der Waals surface area contributed by atoms with Gasteiger partial charge in [-0.3, -0.25) is 4.79 Å². The Balaban J connectivity index is 1.61. The Bertz CT molecular complexity index is 619. The van der Waals surface area contributed by atoms with Crippen molar-refractivity contribution in [3.63, 3.8) is 0 Å². The molecule has 0 unspecified atom stereocenters. The minimum atomic E-state index is -0.189. The van der Waals surface area contributed by atoms with Crippen LogP contribution in [0.3, 0.4) is 0 Å². The van der Waals surface area contributed by atoms with Crippen LogP contribution < -0.4 is 0 Å². The third kappa shape index (κ3) is 2.23. The van der Waals surface area contributed by atoms with E-state index in [-0.39, 0.29) is 29.0 Å². The summed E-state index contributed by atoms with van der Waals surface area (Å²) in [4.78, 5) is 11.3. The third-order valence-electron chi connectivity index (χ3n) is 7.75. The van der Waals surface area contributed by atoms with Gasteiger partial charge in [0.1, 0.15) is 6.10 Å². The summed E-state index contributed by atoms with van der Waals surface area (Å²) in [5.41, 5.74) is 3.31. The fourth-order valence-electron chi connectivity index (χ4n) is 6.28. The van der Waals surface area contributed by atoms with E-state index in [4.69, 9.17) is 4.74 Å². The maximum Gasteiger partial charge on any atom is 0.302 e. The summed E-state index contributed by atoms with van der Waals surface area (Å²) in [5.74, 6) is 1.12. The van der Waals surface area contributed by atoms with Crippen LogP contribution in [0.1, 0.15) is 65.7 Å². The molecule has 0 radical (unpaired) electrons. The van der Waals surface area contributed by atoms with Gasteiger partial charge in [-0.05, 0) is 55.8 Å². The molecule has 0 spiro atoms. The minimum Gasteiger partial charge on any atom is -0.462 e. The number of aliphatic hydroxyl groups is 1. The molecule has 4 aliphatic carbocycles. The molecule has 4 rings (SSSR count). The summed E-state index contributed by atoms with van der Waals surface area (Å²) >= 11 is 0. The first-order valence-corrected chi connectivity index (χ1v) is 9.60. The van der Waals surface area contributed by atoms with E-state index in [1.54, 1.807) is 0 Å². The SMILES string of the molecule is CC(=O)O[C@H]1CC[C@@]2(C)C(=CC[C@H]3C4=CC[C@H](O)[C@@]4(C)CC[C@@H]32)C1. The van der Waals surface area contributed by atoms with Crippen LogP contribution in [-0.2, 0) is 9.53 Å². The summed E-state index contributed by atoms with van der Waals surface area (Å²) in [6.45, 7) is 6.22. The Morgan fingerprint density at radius 2 is 1.92 bits per heavy atom. The molecule has 0 aromatic rings. The van der Waals surface area contributed by atoms with Crippen molar-refractivity contribution in [2.24, 2.45) is 22.7 Å². The Kier molecular flexibility index (Phi) is 3.72. The molecule has 0 aromatic carbocycles. The van der Waals surface area contributed by atoms with E-state index in [1.165, 1.54) is 24.5 Å². The highest BCUT2D eigenvalue weighted by molar-refractivity contribution is 5.66. The van der Waals surface area contributed by atoms with E-state index in [0.29, 0.717) is 11.8 Å². The molecule has 0 aromatic heterocycles. The first kappa shape index (κ1) is 16.4. The van der Waals surface area contributed by atoms with E-state index in [2.05, 4.69) is 26.0 Å². The number of carbonyl (C=O) groups is 1. The Hall–Kier alpha value is -1.09. The molecule has 0 saturated heterocycles. The number of rotatable bonds is 1. The number of hydrogen-bond acceptors (Lipinski definition) is 3. The average Bonchev–Trinajstić information content (AvgIpc) is 2.83. The number of carbonyl (C=O) groups excluding carboxylic acids is 1. The lowest BCUT2D eigenvalue weighted by Gasteiger charge is -2.56. The maximum atomic E-state index is 11.3. The van der Waals surface area contributed by atoms with E-state index >= 15 is 0 Å². The standard InChI is InChI=1S/C21H30O3/c1-13(22)24-15-8-10-20(2)14(12-15)4-5-16-17-6-7-19(23)21(17,3)11-9-18(16)20/h4,6,15-16,18-19,23H,5,7-12H2,1-3H3/t15-,16-,18-,19-,20-,21-/m0/s1. The summed E-state index contributed by atoms with van der Waals surface area (Å²) in [7, 11) is 0. The number of esters is 1. The van der Waals surface area contributed by atoms with Gasteiger partial charge < -0.3 is 9.84 Å². The maximum absolute atomic E-state index is 11.3. The number of ether oxygens (including phenoxy) is 1. The second-order valence-electron chi connectivity index (χ2n) is 8.94. The van der Waals surface area contributed by atoms with Gasteiger partial charge in [-0.15, -0.1) is 0 Å². The van der Waals surface area contributed by atoms with E-state index in [1.807, 2.05) is 0 Å². The van der Waals surface area contributed by atoms with Gasteiger partial charge in [0.05, 0.1) is 6.10 Å². The lowest BCUT2D eigenvalue weighted by molar-refractivity contribution is -0.148. The van der Waals surface area contributed by atoms with Crippen molar-refractivity contribution in [2.45, 2.75) is 77.9 Å². The molecule has 0 amide bonds. The monoisotopic (exact) mass is 330 g/mol. The van der Waals surface area contributed by atoms with Crippen molar-refractivity contribution in [1.29, 1.82) is 0 Å². The van der Waals surface area contributed by atoms with Gasteiger partial charge in [-0.2, -0.15) is 0 Å². The fourth-order valence-corrected chi connectivity index (χ4v) is 6.28. The van der Waals surface area contributed by atoms with E-state index in [0.717, 1.165) is 38.5 Å². The number of allylic oxidation sites excluding steroid dienone is 1. The predicted molar refractivity (Wildman–Crippen MR) is 93.2 cm³/mol. The fraction of sp³-hybridized carbons (Fsp3) is 0.762. The van der Waals surface area contributed by atoms with Crippen LogP contribution in [0.2, 0.25) is 0 Å². The minimum absolute atomic E-state index is 0.0117. The van der Waals surface area contributed by atoms with Crippen molar-refractivity contribution in [1.82, 2.24) is 0 Å². The highest BCUT2D eigenvalue weighted by atomic mass is 16.5. The van der Waals surface area contributed by atoms with Gasteiger partial charge in [0, 0.05) is 18.8 Å². The normalized spacial score (nSPS) is 47.0. The Morgan fingerprint density at radius 1 is 1.17 bits per heavy atom. The average molecular weight is 330 g/mol. The zero-order valence-corrected chi connectivity index (χ0v) is 15.2. The molecule has 6 atom stereocenters. The summed E-state index contributed by atoms with van der Waals surface area (Å²) < 4.78 is 5.50. The van der Waals surface area contributed by atoms with Gasteiger partial charge in [-0.25, -0.2) is 0 Å². The molecular weight excluding hydrogens is 300 g/mol. The second-order valence-corrected chi connectivity index (χ2v) is 8.94. The molecule has 3 heteroatoms. The Labute approximate surface area is 145 Å². The molecule has 3 nitrogen and oxygen atoms in total. The Morgan fingerprint density at radius 3 is 2.67 bits per heavy atom.